The van der Waals surface area contributed by atoms with Gasteiger partial charge in [0, 0.05) is 0 Å². The molecule has 1 nitrogen and oxygen atoms in total. The van der Waals surface area contributed by atoms with Gasteiger partial charge in [-0.25, -0.2) is 0 Å². The molecule has 0 aromatic carbocycles. The van der Waals surface area contributed by atoms with E-state index in [4.69, 9.17) is 4.74 Å². The maximum Gasteiger partial charge on any atom is 0.0503 e. The van der Waals surface area contributed by atoms with E-state index in [0.29, 0.717) is 0 Å². The number of hydrogen-bond acceptors (Lipinski definition) is 1. The molecule has 4 aliphatic carbocycles. The zero-order valence-corrected chi connectivity index (χ0v) is 33.5. The molecular formula is C48H86O. The summed E-state index contributed by atoms with van der Waals surface area (Å²) in [6.45, 7) is 6.53. The van der Waals surface area contributed by atoms with Crippen LogP contribution in [0, 0.1) is 35.5 Å². The van der Waals surface area contributed by atoms with E-state index in [2.05, 4.69) is 26.0 Å². The Hall–Kier alpha value is -0.560. The largest absolute Gasteiger partial charge is 0.381 e. The van der Waals surface area contributed by atoms with Crippen LogP contribution in [0.1, 0.15) is 232 Å². The molecule has 2 unspecified atom stereocenters. The molecule has 2 fully saturated rings. The highest BCUT2D eigenvalue weighted by Crippen LogP contribution is 2.38. The van der Waals surface area contributed by atoms with Crippen LogP contribution in [0.25, 0.3) is 0 Å². The topological polar surface area (TPSA) is 9.23 Å². The van der Waals surface area contributed by atoms with Crippen LogP contribution in [0.5, 0.6) is 0 Å². The second-order valence-corrected chi connectivity index (χ2v) is 18.2. The Balaban J connectivity index is 0.925. The zero-order chi connectivity index (χ0) is 34.2. The van der Waals surface area contributed by atoms with Crippen molar-refractivity contribution in [2.24, 2.45) is 35.5 Å². The van der Waals surface area contributed by atoms with Crippen molar-refractivity contribution in [2.75, 3.05) is 13.2 Å². The minimum absolute atomic E-state index is 0.939. The van der Waals surface area contributed by atoms with Crippen molar-refractivity contribution in [2.45, 2.75) is 232 Å². The Morgan fingerprint density at radius 3 is 1.10 bits per heavy atom. The van der Waals surface area contributed by atoms with Crippen LogP contribution in [0.2, 0.25) is 0 Å². The fourth-order valence-corrected chi connectivity index (χ4v) is 10.5. The lowest BCUT2D eigenvalue weighted by Gasteiger charge is -2.29. The SMILES string of the molecule is CCCCCCCC1CCC(CCCC2CC=C(CCOCCC3=CCC(CCCC4CCC(CCCCCCC)CC4)CC3)CC2)CC1. The summed E-state index contributed by atoms with van der Waals surface area (Å²) >= 11 is 0. The highest BCUT2D eigenvalue weighted by atomic mass is 16.5. The third kappa shape index (κ3) is 18.2. The Kier molecular flexibility index (Phi) is 22.1. The van der Waals surface area contributed by atoms with Crippen molar-refractivity contribution >= 4 is 0 Å². The highest BCUT2D eigenvalue weighted by Gasteiger charge is 2.23. The van der Waals surface area contributed by atoms with Crippen LogP contribution in [-0.4, -0.2) is 13.2 Å². The van der Waals surface area contributed by atoms with Gasteiger partial charge in [-0.05, 0) is 86.9 Å². The van der Waals surface area contributed by atoms with Crippen molar-refractivity contribution in [1.29, 1.82) is 0 Å². The summed E-state index contributed by atoms with van der Waals surface area (Å²) in [7, 11) is 0. The number of rotatable bonds is 26. The van der Waals surface area contributed by atoms with Crippen LogP contribution in [-0.2, 0) is 4.74 Å². The van der Waals surface area contributed by atoms with Crippen LogP contribution in [0.4, 0.5) is 0 Å². The molecule has 0 heterocycles. The Morgan fingerprint density at radius 2 is 0.755 bits per heavy atom. The lowest BCUT2D eigenvalue weighted by atomic mass is 9.77. The van der Waals surface area contributed by atoms with Crippen molar-refractivity contribution < 1.29 is 4.74 Å². The summed E-state index contributed by atoms with van der Waals surface area (Å²) in [5.41, 5.74) is 3.38. The fourth-order valence-electron chi connectivity index (χ4n) is 10.5. The zero-order valence-electron chi connectivity index (χ0n) is 33.5. The van der Waals surface area contributed by atoms with Gasteiger partial charge in [-0.1, -0.05) is 204 Å². The van der Waals surface area contributed by atoms with Gasteiger partial charge in [-0.3, -0.25) is 0 Å². The average molecular weight is 679 g/mol. The first-order chi connectivity index (χ1) is 24.2. The normalized spacial score (nSPS) is 28.0. The number of hydrogen-bond donors (Lipinski definition) is 0. The molecule has 2 atom stereocenters. The number of allylic oxidation sites excluding steroid dienone is 2. The molecule has 4 rings (SSSR count). The summed E-state index contributed by atoms with van der Waals surface area (Å²) in [4.78, 5) is 0. The fraction of sp³-hybridized carbons (Fsp3) is 0.917. The van der Waals surface area contributed by atoms with E-state index >= 15 is 0 Å². The van der Waals surface area contributed by atoms with E-state index in [-0.39, 0.29) is 0 Å². The molecule has 49 heavy (non-hydrogen) atoms. The molecule has 2 saturated carbocycles. The first-order valence-corrected chi connectivity index (χ1v) is 23.1. The van der Waals surface area contributed by atoms with Gasteiger partial charge in [0.1, 0.15) is 0 Å². The third-order valence-corrected chi connectivity index (χ3v) is 14.2. The highest BCUT2D eigenvalue weighted by molar-refractivity contribution is 5.07. The van der Waals surface area contributed by atoms with E-state index in [0.717, 1.165) is 48.7 Å². The smallest absolute Gasteiger partial charge is 0.0503 e. The molecule has 0 N–H and O–H groups in total. The van der Waals surface area contributed by atoms with E-state index in [1.165, 1.54) is 218 Å². The van der Waals surface area contributed by atoms with Gasteiger partial charge in [-0.15, -0.1) is 0 Å². The van der Waals surface area contributed by atoms with Crippen LogP contribution in [0.3, 0.4) is 0 Å². The molecule has 1 heteroatoms. The summed E-state index contributed by atoms with van der Waals surface area (Å²) in [6.07, 6.45) is 54.6. The van der Waals surface area contributed by atoms with Gasteiger partial charge in [0.25, 0.3) is 0 Å². The number of unbranched alkanes of at least 4 members (excludes halogenated alkanes) is 8. The predicted molar refractivity (Wildman–Crippen MR) is 216 cm³/mol. The Bertz CT molecular complexity index is 782. The lowest BCUT2D eigenvalue weighted by Crippen LogP contribution is -2.15. The van der Waals surface area contributed by atoms with E-state index in [1.54, 1.807) is 11.1 Å². The Labute approximate surface area is 308 Å². The maximum atomic E-state index is 6.16. The third-order valence-electron chi connectivity index (χ3n) is 14.2. The van der Waals surface area contributed by atoms with E-state index in [9.17, 15) is 0 Å². The first kappa shape index (κ1) is 41.2. The van der Waals surface area contributed by atoms with Crippen molar-refractivity contribution in [3.8, 4) is 0 Å². The Morgan fingerprint density at radius 1 is 0.408 bits per heavy atom. The van der Waals surface area contributed by atoms with Gasteiger partial charge in [0.05, 0.1) is 13.2 Å². The molecule has 0 bridgehead atoms. The molecule has 0 spiro atoms. The molecule has 0 aromatic heterocycles. The predicted octanol–water partition coefficient (Wildman–Crippen LogP) is 15.9. The molecule has 0 radical (unpaired) electrons. The summed E-state index contributed by atoms with van der Waals surface area (Å²) in [5.74, 6) is 6.15. The summed E-state index contributed by atoms with van der Waals surface area (Å²) in [5, 5.41) is 0. The summed E-state index contributed by atoms with van der Waals surface area (Å²) in [6, 6.07) is 0. The van der Waals surface area contributed by atoms with Crippen molar-refractivity contribution in [3.05, 3.63) is 23.3 Å². The number of ether oxygens (including phenoxy) is 1. The van der Waals surface area contributed by atoms with Crippen LogP contribution in [0.15, 0.2) is 23.3 Å². The molecular weight excluding hydrogens is 593 g/mol. The molecule has 0 aliphatic heterocycles. The van der Waals surface area contributed by atoms with Crippen molar-refractivity contribution in [3.63, 3.8) is 0 Å². The van der Waals surface area contributed by atoms with Crippen LogP contribution >= 0.6 is 0 Å². The van der Waals surface area contributed by atoms with Gasteiger partial charge in [0.2, 0.25) is 0 Å². The second kappa shape index (κ2) is 26.2. The summed E-state index contributed by atoms with van der Waals surface area (Å²) < 4.78 is 6.16. The standard InChI is InChI=1S/C48H86O/c1-3-5-7-9-11-15-41-21-25-43(26-22-41)17-13-19-45-29-33-47(34-30-45)37-39-49-40-38-48-35-31-46(32-36-48)20-14-18-44-27-23-42(24-28-44)16-12-10-8-6-4-2/h33,35,41-46H,3-32,34,36-40H2,1-2H3. The minimum Gasteiger partial charge on any atom is -0.381 e. The second-order valence-electron chi connectivity index (χ2n) is 18.2. The first-order valence-electron chi connectivity index (χ1n) is 23.1. The van der Waals surface area contributed by atoms with Gasteiger partial charge in [-0.2, -0.15) is 0 Å². The average Bonchev–Trinajstić information content (AvgIpc) is 3.14. The van der Waals surface area contributed by atoms with E-state index < -0.39 is 0 Å². The molecule has 0 amide bonds. The van der Waals surface area contributed by atoms with E-state index in [1.807, 2.05) is 0 Å². The van der Waals surface area contributed by atoms with Crippen LogP contribution < -0.4 is 0 Å². The quantitative estimate of drug-likeness (QED) is 0.0653. The van der Waals surface area contributed by atoms with Crippen molar-refractivity contribution in [1.82, 2.24) is 0 Å². The van der Waals surface area contributed by atoms with Gasteiger partial charge >= 0.3 is 0 Å². The maximum absolute atomic E-state index is 6.16. The molecule has 284 valence electrons. The minimum atomic E-state index is 0.939. The molecule has 0 saturated heterocycles. The van der Waals surface area contributed by atoms with Gasteiger partial charge < -0.3 is 4.74 Å². The molecule has 0 aromatic rings. The lowest BCUT2D eigenvalue weighted by molar-refractivity contribution is 0.138. The van der Waals surface area contributed by atoms with Gasteiger partial charge in [0.15, 0.2) is 0 Å². The molecule has 4 aliphatic rings. The monoisotopic (exact) mass is 679 g/mol.